The minimum Gasteiger partial charge on any atom is -0.396 e. The molecule has 1 aliphatic rings. The SMILES string of the molecule is CC(C)n1nccc1C1COCC1CO. The van der Waals surface area contributed by atoms with Gasteiger partial charge in [-0.1, -0.05) is 0 Å². The van der Waals surface area contributed by atoms with E-state index >= 15 is 0 Å². The van der Waals surface area contributed by atoms with E-state index in [1.165, 1.54) is 5.69 Å². The number of hydrogen-bond acceptors (Lipinski definition) is 3. The van der Waals surface area contributed by atoms with Gasteiger partial charge in [0, 0.05) is 36.4 Å². The van der Waals surface area contributed by atoms with Gasteiger partial charge >= 0.3 is 0 Å². The van der Waals surface area contributed by atoms with Crippen molar-refractivity contribution in [2.24, 2.45) is 5.92 Å². The number of rotatable bonds is 3. The molecule has 0 aromatic carbocycles. The number of hydrogen-bond donors (Lipinski definition) is 1. The number of nitrogens with zero attached hydrogens (tertiary/aromatic N) is 2. The molecule has 4 nitrogen and oxygen atoms in total. The summed E-state index contributed by atoms with van der Waals surface area (Å²) in [4.78, 5) is 0. The Bertz CT molecular complexity index is 322. The maximum atomic E-state index is 9.26. The smallest absolute Gasteiger partial charge is 0.0554 e. The van der Waals surface area contributed by atoms with Gasteiger partial charge in [-0.25, -0.2) is 0 Å². The molecule has 0 amide bonds. The quantitative estimate of drug-likeness (QED) is 0.815. The average molecular weight is 210 g/mol. The zero-order chi connectivity index (χ0) is 10.8. The monoisotopic (exact) mass is 210 g/mol. The first-order chi connectivity index (χ1) is 7.24. The van der Waals surface area contributed by atoms with Crippen LogP contribution < -0.4 is 0 Å². The van der Waals surface area contributed by atoms with Crippen molar-refractivity contribution in [1.82, 2.24) is 9.78 Å². The lowest BCUT2D eigenvalue weighted by atomic mass is 9.93. The number of aromatic nitrogens is 2. The fourth-order valence-corrected chi connectivity index (χ4v) is 2.15. The molecule has 1 aromatic heterocycles. The maximum Gasteiger partial charge on any atom is 0.0554 e. The van der Waals surface area contributed by atoms with Crippen molar-refractivity contribution < 1.29 is 9.84 Å². The molecule has 1 aromatic rings. The number of aliphatic hydroxyl groups excluding tert-OH is 1. The van der Waals surface area contributed by atoms with Crippen LogP contribution in [0.1, 0.15) is 31.5 Å². The van der Waals surface area contributed by atoms with E-state index in [0.717, 1.165) is 0 Å². The van der Waals surface area contributed by atoms with Gasteiger partial charge in [0.1, 0.15) is 0 Å². The minimum atomic E-state index is 0.188. The van der Waals surface area contributed by atoms with Crippen molar-refractivity contribution >= 4 is 0 Å². The Hall–Kier alpha value is -0.870. The molecule has 84 valence electrons. The standard InChI is InChI=1S/C11H18N2O2/c1-8(2)13-11(3-4-12-13)10-7-15-6-9(10)5-14/h3-4,8-10,14H,5-7H2,1-2H3. The van der Waals surface area contributed by atoms with Crippen molar-refractivity contribution in [1.29, 1.82) is 0 Å². The molecule has 4 heteroatoms. The molecule has 1 N–H and O–H groups in total. The zero-order valence-corrected chi connectivity index (χ0v) is 9.26. The van der Waals surface area contributed by atoms with Gasteiger partial charge in [-0.2, -0.15) is 5.10 Å². The van der Waals surface area contributed by atoms with Crippen molar-refractivity contribution in [2.45, 2.75) is 25.8 Å². The summed E-state index contributed by atoms with van der Waals surface area (Å²) in [5, 5.41) is 13.6. The van der Waals surface area contributed by atoms with Gasteiger partial charge in [0.2, 0.25) is 0 Å². The van der Waals surface area contributed by atoms with E-state index in [-0.39, 0.29) is 12.5 Å². The fraction of sp³-hybridized carbons (Fsp3) is 0.727. The van der Waals surface area contributed by atoms with Crippen molar-refractivity contribution in [3.05, 3.63) is 18.0 Å². The molecular formula is C11H18N2O2. The molecule has 0 spiro atoms. The third-order valence-electron chi connectivity index (χ3n) is 3.00. The highest BCUT2D eigenvalue weighted by Crippen LogP contribution is 2.31. The highest BCUT2D eigenvalue weighted by molar-refractivity contribution is 5.12. The fourth-order valence-electron chi connectivity index (χ4n) is 2.15. The van der Waals surface area contributed by atoms with Gasteiger partial charge < -0.3 is 9.84 Å². The molecule has 2 atom stereocenters. The Balaban J connectivity index is 2.24. The predicted molar refractivity (Wildman–Crippen MR) is 56.7 cm³/mol. The third-order valence-corrected chi connectivity index (χ3v) is 3.00. The molecule has 2 unspecified atom stereocenters. The van der Waals surface area contributed by atoms with Gasteiger partial charge in [0.15, 0.2) is 0 Å². The Morgan fingerprint density at radius 2 is 2.40 bits per heavy atom. The largest absolute Gasteiger partial charge is 0.396 e. The van der Waals surface area contributed by atoms with Gasteiger partial charge in [0.25, 0.3) is 0 Å². The van der Waals surface area contributed by atoms with Gasteiger partial charge in [0.05, 0.1) is 13.2 Å². The van der Waals surface area contributed by atoms with E-state index in [0.29, 0.717) is 25.2 Å². The first kappa shape index (κ1) is 10.6. The number of aliphatic hydroxyl groups is 1. The van der Waals surface area contributed by atoms with Crippen LogP contribution in [0.15, 0.2) is 12.3 Å². The van der Waals surface area contributed by atoms with E-state index in [9.17, 15) is 5.11 Å². The van der Waals surface area contributed by atoms with Crippen molar-refractivity contribution in [3.63, 3.8) is 0 Å². The van der Waals surface area contributed by atoms with Crippen LogP contribution in [0.3, 0.4) is 0 Å². The molecule has 0 radical (unpaired) electrons. The zero-order valence-electron chi connectivity index (χ0n) is 9.26. The summed E-state index contributed by atoms with van der Waals surface area (Å²) in [7, 11) is 0. The van der Waals surface area contributed by atoms with Crippen LogP contribution in [0.5, 0.6) is 0 Å². The van der Waals surface area contributed by atoms with Crippen LogP contribution in [0, 0.1) is 5.92 Å². The molecule has 15 heavy (non-hydrogen) atoms. The summed E-state index contributed by atoms with van der Waals surface area (Å²) in [5.74, 6) is 0.513. The third kappa shape index (κ3) is 1.92. The first-order valence-corrected chi connectivity index (χ1v) is 5.46. The lowest BCUT2D eigenvalue weighted by molar-refractivity contribution is 0.160. The van der Waals surface area contributed by atoms with E-state index < -0.39 is 0 Å². The molecule has 0 bridgehead atoms. The van der Waals surface area contributed by atoms with E-state index in [1.807, 2.05) is 16.9 Å². The lowest BCUT2D eigenvalue weighted by Gasteiger charge is -2.18. The van der Waals surface area contributed by atoms with Crippen LogP contribution >= 0.6 is 0 Å². The van der Waals surface area contributed by atoms with E-state index in [4.69, 9.17) is 4.74 Å². The van der Waals surface area contributed by atoms with Gasteiger partial charge in [-0.15, -0.1) is 0 Å². The Morgan fingerprint density at radius 1 is 1.60 bits per heavy atom. The summed E-state index contributed by atoms with van der Waals surface area (Å²) >= 11 is 0. The second-order valence-corrected chi connectivity index (χ2v) is 4.38. The highest BCUT2D eigenvalue weighted by atomic mass is 16.5. The molecular weight excluding hydrogens is 192 g/mol. The van der Waals surface area contributed by atoms with Crippen LogP contribution in [0.25, 0.3) is 0 Å². The summed E-state index contributed by atoms with van der Waals surface area (Å²) in [5.41, 5.74) is 1.18. The molecule has 1 aliphatic heterocycles. The maximum absolute atomic E-state index is 9.26. The molecule has 0 aliphatic carbocycles. The summed E-state index contributed by atoms with van der Waals surface area (Å²) < 4.78 is 7.43. The topological polar surface area (TPSA) is 47.3 Å². The normalized spacial score (nSPS) is 26.4. The summed E-state index contributed by atoms with van der Waals surface area (Å²) in [6.07, 6.45) is 1.82. The average Bonchev–Trinajstić information content (AvgIpc) is 2.85. The van der Waals surface area contributed by atoms with E-state index in [1.54, 1.807) is 0 Å². The lowest BCUT2D eigenvalue weighted by Crippen LogP contribution is -2.19. The molecule has 0 saturated carbocycles. The number of ether oxygens (including phenoxy) is 1. The molecule has 2 heterocycles. The summed E-state index contributed by atoms with van der Waals surface area (Å²) in [6.45, 7) is 5.77. The molecule has 2 rings (SSSR count). The van der Waals surface area contributed by atoms with Crippen LogP contribution in [-0.4, -0.2) is 34.7 Å². The van der Waals surface area contributed by atoms with Crippen LogP contribution in [0.2, 0.25) is 0 Å². The van der Waals surface area contributed by atoms with Crippen LogP contribution in [-0.2, 0) is 4.74 Å². The second kappa shape index (κ2) is 4.33. The Morgan fingerprint density at radius 3 is 3.07 bits per heavy atom. The molecule has 1 fully saturated rings. The van der Waals surface area contributed by atoms with Gasteiger partial charge in [-0.3, -0.25) is 4.68 Å². The predicted octanol–water partition coefficient (Wildman–Crippen LogP) is 1.19. The summed E-state index contributed by atoms with van der Waals surface area (Å²) in [6, 6.07) is 2.39. The Labute approximate surface area is 89.9 Å². The van der Waals surface area contributed by atoms with Gasteiger partial charge in [-0.05, 0) is 19.9 Å². The van der Waals surface area contributed by atoms with Crippen LogP contribution in [0.4, 0.5) is 0 Å². The first-order valence-electron chi connectivity index (χ1n) is 5.46. The minimum absolute atomic E-state index is 0.188. The van der Waals surface area contributed by atoms with Crippen molar-refractivity contribution in [2.75, 3.05) is 19.8 Å². The molecule has 1 saturated heterocycles. The van der Waals surface area contributed by atoms with E-state index in [2.05, 4.69) is 18.9 Å². The Kier molecular flexibility index (Phi) is 3.07. The second-order valence-electron chi connectivity index (χ2n) is 4.38. The van der Waals surface area contributed by atoms with Crippen molar-refractivity contribution in [3.8, 4) is 0 Å². The highest BCUT2D eigenvalue weighted by Gasteiger charge is 2.31.